The number of carbonyl (C=O) groups excluding carboxylic acids is 1. The van der Waals surface area contributed by atoms with Crippen molar-refractivity contribution in [1.29, 1.82) is 0 Å². The molecule has 3 aromatic rings. The van der Waals surface area contributed by atoms with Gasteiger partial charge < -0.3 is 10.4 Å². The summed E-state index contributed by atoms with van der Waals surface area (Å²) in [6, 6.07) is 9.59. The zero-order valence-electron chi connectivity index (χ0n) is 11.5. The van der Waals surface area contributed by atoms with Crippen LogP contribution in [0.2, 0.25) is 0 Å². The predicted molar refractivity (Wildman–Crippen MR) is 91.1 cm³/mol. The molecule has 1 atom stereocenters. The van der Waals surface area contributed by atoms with Gasteiger partial charge >= 0.3 is 0 Å². The Bertz CT molecular complexity index is 819. The highest BCUT2D eigenvalue weighted by molar-refractivity contribution is 9.10. The second-order valence-electron chi connectivity index (χ2n) is 4.80. The molecule has 1 aromatic carbocycles. The molecule has 0 saturated carbocycles. The number of hydrogen-bond acceptors (Lipinski definition) is 4. The van der Waals surface area contributed by atoms with E-state index in [2.05, 4.69) is 26.2 Å². The third kappa shape index (κ3) is 3.19. The van der Waals surface area contributed by atoms with E-state index in [9.17, 15) is 9.90 Å². The van der Waals surface area contributed by atoms with Gasteiger partial charge in [-0.15, -0.1) is 11.3 Å². The van der Waals surface area contributed by atoms with E-state index >= 15 is 0 Å². The molecule has 2 N–H and O–H groups in total. The second-order valence-corrected chi connectivity index (χ2v) is 6.63. The number of pyridine rings is 1. The largest absolute Gasteiger partial charge is 0.387 e. The third-order valence-corrected chi connectivity index (χ3v) is 4.71. The number of amides is 1. The molecule has 112 valence electrons. The number of benzene rings is 1. The van der Waals surface area contributed by atoms with Gasteiger partial charge in [-0.1, -0.05) is 18.2 Å². The van der Waals surface area contributed by atoms with Crippen LogP contribution in [0.1, 0.15) is 22.0 Å². The number of rotatable bonds is 4. The van der Waals surface area contributed by atoms with Crippen molar-refractivity contribution in [2.75, 3.05) is 6.54 Å². The molecule has 0 aliphatic rings. The molecule has 0 bridgehead atoms. The van der Waals surface area contributed by atoms with E-state index in [0.29, 0.717) is 5.56 Å². The summed E-state index contributed by atoms with van der Waals surface area (Å²) in [4.78, 5) is 16.0. The Morgan fingerprint density at radius 1 is 1.36 bits per heavy atom. The number of aliphatic hydroxyl groups is 1. The van der Waals surface area contributed by atoms with Crippen molar-refractivity contribution in [2.45, 2.75) is 6.10 Å². The lowest BCUT2D eigenvalue weighted by Crippen LogP contribution is -2.28. The Morgan fingerprint density at radius 2 is 2.18 bits per heavy atom. The van der Waals surface area contributed by atoms with Crippen LogP contribution >= 0.6 is 27.3 Å². The molecule has 2 heterocycles. The van der Waals surface area contributed by atoms with Gasteiger partial charge in [0.2, 0.25) is 0 Å². The highest BCUT2D eigenvalue weighted by Crippen LogP contribution is 2.29. The lowest BCUT2D eigenvalue weighted by Gasteiger charge is -2.11. The summed E-state index contributed by atoms with van der Waals surface area (Å²) in [5.41, 5.74) is 1.30. The van der Waals surface area contributed by atoms with Crippen molar-refractivity contribution in [3.05, 3.63) is 63.7 Å². The molecule has 0 aliphatic heterocycles. The number of nitrogens with zero attached hydrogens (tertiary/aromatic N) is 1. The SMILES string of the molecule is O=C(NC[C@@H](O)c1csc2ccccc12)c1cncc(Br)c1. The number of carbonyl (C=O) groups is 1. The van der Waals surface area contributed by atoms with Gasteiger partial charge in [0.1, 0.15) is 0 Å². The van der Waals surface area contributed by atoms with Crippen molar-refractivity contribution in [2.24, 2.45) is 0 Å². The van der Waals surface area contributed by atoms with Gasteiger partial charge in [0.05, 0.1) is 11.7 Å². The highest BCUT2D eigenvalue weighted by Gasteiger charge is 2.15. The summed E-state index contributed by atoms with van der Waals surface area (Å²) in [5, 5.41) is 16.0. The third-order valence-electron chi connectivity index (χ3n) is 3.29. The number of aliphatic hydroxyl groups excluding tert-OH is 1. The van der Waals surface area contributed by atoms with Crippen LogP contribution in [0.5, 0.6) is 0 Å². The molecular formula is C16H13BrN2O2S. The van der Waals surface area contributed by atoms with Crippen LogP contribution in [-0.4, -0.2) is 22.5 Å². The van der Waals surface area contributed by atoms with Gasteiger partial charge in [0.25, 0.3) is 5.91 Å². The Kier molecular flexibility index (Phi) is 4.52. The summed E-state index contributed by atoms with van der Waals surface area (Å²) in [6.45, 7) is 0.159. The lowest BCUT2D eigenvalue weighted by molar-refractivity contribution is 0.0916. The number of aromatic nitrogens is 1. The van der Waals surface area contributed by atoms with Crippen LogP contribution in [0.3, 0.4) is 0 Å². The summed E-state index contributed by atoms with van der Waals surface area (Å²) < 4.78 is 1.86. The number of fused-ring (bicyclic) bond motifs is 1. The second kappa shape index (κ2) is 6.56. The molecule has 1 amide bonds. The van der Waals surface area contributed by atoms with E-state index in [0.717, 1.165) is 20.1 Å². The first-order valence-corrected chi connectivity index (χ1v) is 8.35. The predicted octanol–water partition coefficient (Wildman–Crippen LogP) is 3.52. The fraction of sp³-hybridized carbons (Fsp3) is 0.125. The van der Waals surface area contributed by atoms with Crippen LogP contribution in [0.15, 0.2) is 52.6 Å². The molecule has 0 unspecified atom stereocenters. The van der Waals surface area contributed by atoms with E-state index in [1.54, 1.807) is 23.6 Å². The molecule has 3 rings (SSSR count). The van der Waals surface area contributed by atoms with Gasteiger partial charge in [-0.25, -0.2) is 0 Å². The van der Waals surface area contributed by atoms with Crippen LogP contribution in [0.4, 0.5) is 0 Å². The molecule has 4 nitrogen and oxygen atoms in total. The van der Waals surface area contributed by atoms with Gasteiger partial charge in [-0.2, -0.15) is 0 Å². The number of thiophene rings is 1. The molecule has 6 heteroatoms. The maximum Gasteiger partial charge on any atom is 0.252 e. The average molecular weight is 377 g/mol. The Hall–Kier alpha value is -1.76. The van der Waals surface area contributed by atoms with Crippen LogP contribution < -0.4 is 5.32 Å². The molecule has 0 aliphatic carbocycles. The number of hydrogen-bond donors (Lipinski definition) is 2. The first-order valence-electron chi connectivity index (χ1n) is 6.68. The summed E-state index contributed by atoms with van der Waals surface area (Å²) in [7, 11) is 0. The van der Waals surface area contributed by atoms with Crippen molar-refractivity contribution >= 4 is 43.3 Å². The standard InChI is InChI=1S/C16H13BrN2O2S/c17-11-5-10(6-18-7-11)16(21)19-8-14(20)13-9-22-15-4-2-1-3-12(13)15/h1-7,9,14,20H,8H2,(H,19,21)/t14-/m1/s1. The quantitative estimate of drug-likeness (QED) is 0.731. The average Bonchev–Trinajstić information content (AvgIpc) is 2.96. The molecule has 22 heavy (non-hydrogen) atoms. The van der Waals surface area contributed by atoms with Gasteiger partial charge in [-0.05, 0) is 38.8 Å². The van der Waals surface area contributed by atoms with Crippen LogP contribution in [0, 0.1) is 0 Å². The smallest absolute Gasteiger partial charge is 0.252 e. The monoisotopic (exact) mass is 376 g/mol. The van der Waals surface area contributed by atoms with Crippen molar-refractivity contribution in [3.63, 3.8) is 0 Å². The summed E-state index contributed by atoms with van der Waals surface area (Å²) >= 11 is 4.86. The Balaban J connectivity index is 1.70. The molecule has 0 radical (unpaired) electrons. The number of halogens is 1. The highest BCUT2D eigenvalue weighted by atomic mass is 79.9. The Morgan fingerprint density at radius 3 is 3.00 bits per heavy atom. The maximum atomic E-state index is 12.1. The first kappa shape index (κ1) is 15.1. The minimum atomic E-state index is -0.736. The fourth-order valence-corrected chi connectivity index (χ4v) is 3.57. The van der Waals surface area contributed by atoms with Crippen molar-refractivity contribution in [3.8, 4) is 0 Å². The fourth-order valence-electron chi connectivity index (χ4n) is 2.19. The van der Waals surface area contributed by atoms with E-state index in [1.165, 1.54) is 6.20 Å². The van der Waals surface area contributed by atoms with Crippen LogP contribution in [0.25, 0.3) is 10.1 Å². The topological polar surface area (TPSA) is 62.2 Å². The van der Waals surface area contributed by atoms with Gasteiger partial charge in [0, 0.05) is 33.7 Å². The maximum absolute atomic E-state index is 12.1. The van der Waals surface area contributed by atoms with Gasteiger partial charge in [0.15, 0.2) is 0 Å². The number of nitrogens with one attached hydrogen (secondary N) is 1. The minimum absolute atomic E-state index is 0.159. The zero-order valence-corrected chi connectivity index (χ0v) is 13.9. The molecule has 0 saturated heterocycles. The van der Waals surface area contributed by atoms with E-state index in [1.807, 2.05) is 29.6 Å². The summed E-state index contributed by atoms with van der Waals surface area (Å²) in [5.74, 6) is -0.257. The molecule has 0 fully saturated rings. The summed E-state index contributed by atoms with van der Waals surface area (Å²) in [6.07, 6.45) is 2.37. The van der Waals surface area contributed by atoms with Crippen molar-refractivity contribution in [1.82, 2.24) is 10.3 Å². The molecule has 2 aromatic heterocycles. The van der Waals surface area contributed by atoms with E-state index in [4.69, 9.17) is 0 Å². The van der Waals surface area contributed by atoms with Crippen molar-refractivity contribution < 1.29 is 9.90 Å². The van der Waals surface area contributed by atoms with Crippen LogP contribution in [-0.2, 0) is 0 Å². The van der Waals surface area contributed by atoms with E-state index < -0.39 is 6.10 Å². The molecular weight excluding hydrogens is 364 g/mol. The zero-order chi connectivity index (χ0) is 15.5. The van der Waals surface area contributed by atoms with E-state index in [-0.39, 0.29) is 12.5 Å². The van der Waals surface area contributed by atoms with Gasteiger partial charge in [-0.3, -0.25) is 9.78 Å². The minimum Gasteiger partial charge on any atom is -0.387 e. The first-order chi connectivity index (χ1) is 10.6. The normalized spacial score (nSPS) is 12.3. The lowest BCUT2D eigenvalue weighted by atomic mass is 10.1. The molecule has 0 spiro atoms. The Labute approximate surface area is 139 Å².